The molecule has 5 heteroatoms. The van der Waals surface area contributed by atoms with Gasteiger partial charge in [0, 0.05) is 6.04 Å². The van der Waals surface area contributed by atoms with Gasteiger partial charge in [0.15, 0.2) is 0 Å². The molecule has 0 amide bonds. The fourth-order valence-electron chi connectivity index (χ4n) is 1.93. The lowest BCUT2D eigenvalue weighted by Crippen LogP contribution is -2.36. The number of nitrogens with one attached hydrogen (secondary N) is 1. The smallest absolute Gasteiger partial charge is 0.369 e. The van der Waals surface area contributed by atoms with Crippen molar-refractivity contribution in [2.45, 2.75) is 50.9 Å². The van der Waals surface area contributed by atoms with Gasteiger partial charge in [0.25, 0.3) is 0 Å². The summed E-state index contributed by atoms with van der Waals surface area (Å²) >= 11 is 0. The van der Waals surface area contributed by atoms with Crippen LogP contribution < -0.4 is 5.32 Å². The third-order valence-electron chi connectivity index (χ3n) is 2.65. The molecule has 0 aromatic carbocycles. The summed E-state index contributed by atoms with van der Waals surface area (Å²) in [7, 11) is 0. The SMILES string of the molecule is CCNC1CCC(OCC(F)(F)F)CC1. The highest BCUT2D eigenvalue weighted by atomic mass is 19.4. The van der Waals surface area contributed by atoms with Gasteiger partial charge in [0.1, 0.15) is 6.61 Å². The summed E-state index contributed by atoms with van der Waals surface area (Å²) in [6, 6.07) is 0.459. The number of ether oxygens (including phenoxy) is 1. The van der Waals surface area contributed by atoms with Crippen LogP contribution in [0.2, 0.25) is 0 Å². The van der Waals surface area contributed by atoms with Crippen molar-refractivity contribution in [3.05, 3.63) is 0 Å². The zero-order valence-electron chi connectivity index (χ0n) is 8.94. The van der Waals surface area contributed by atoms with E-state index >= 15 is 0 Å². The molecule has 0 spiro atoms. The van der Waals surface area contributed by atoms with Gasteiger partial charge >= 0.3 is 6.18 Å². The van der Waals surface area contributed by atoms with Crippen molar-refractivity contribution >= 4 is 0 Å². The van der Waals surface area contributed by atoms with Crippen molar-refractivity contribution in [1.29, 1.82) is 0 Å². The normalized spacial score (nSPS) is 28.0. The molecular formula is C10H18F3NO. The average Bonchev–Trinajstić information content (AvgIpc) is 2.16. The lowest BCUT2D eigenvalue weighted by Gasteiger charge is -2.29. The predicted molar refractivity (Wildman–Crippen MR) is 51.7 cm³/mol. The van der Waals surface area contributed by atoms with Crippen LogP contribution in [0.4, 0.5) is 13.2 Å². The van der Waals surface area contributed by atoms with Gasteiger partial charge in [0.2, 0.25) is 0 Å². The number of halogens is 3. The Kier molecular flexibility index (Phi) is 4.86. The second-order valence-electron chi connectivity index (χ2n) is 3.96. The second-order valence-corrected chi connectivity index (χ2v) is 3.96. The molecule has 0 unspecified atom stereocenters. The van der Waals surface area contributed by atoms with Crippen LogP contribution in [0.1, 0.15) is 32.6 Å². The molecule has 0 radical (unpaired) electrons. The van der Waals surface area contributed by atoms with Crippen LogP contribution in [0.5, 0.6) is 0 Å². The Bertz CT molecular complexity index is 176. The van der Waals surface area contributed by atoms with Crippen LogP contribution in [0.25, 0.3) is 0 Å². The van der Waals surface area contributed by atoms with Crippen molar-refractivity contribution in [2.75, 3.05) is 13.2 Å². The Morgan fingerprint density at radius 2 is 1.80 bits per heavy atom. The summed E-state index contributed by atoms with van der Waals surface area (Å²) in [5, 5.41) is 3.30. The molecule has 0 bridgehead atoms. The minimum Gasteiger partial charge on any atom is -0.369 e. The van der Waals surface area contributed by atoms with Gasteiger partial charge in [-0.15, -0.1) is 0 Å². The molecular weight excluding hydrogens is 207 g/mol. The lowest BCUT2D eigenvalue weighted by molar-refractivity contribution is -0.188. The highest BCUT2D eigenvalue weighted by molar-refractivity contribution is 4.77. The van der Waals surface area contributed by atoms with Gasteiger partial charge in [-0.2, -0.15) is 13.2 Å². The summed E-state index contributed by atoms with van der Waals surface area (Å²) in [6.07, 6.45) is -1.12. The van der Waals surface area contributed by atoms with E-state index in [1.165, 1.54) is 0 Å². The van der Waals surface area contributed by atoms with Gasteiger partial charge in [-0.1, -0.05) is 6.92 Å². The first-order valence-corrected chi connectivity index (χ1v) is 5.43. The Morgan fingerprint density at radius 3 is 2.27 bits per heavy atom. The van der Waals surface area contributed by atoms with E-state index in [1.54, 1.807) is 0 Å². The van der Waals surface area contributed by atoms with Gasteiger partial charge in [-0.05, 0) is 32.2 Å². The third kappa shape index (κ3) is 5.37. The quantitative estimate of drug-likeness (QED) is 0.793. The van der Waals surface area contributed by atoms with Crippen molar-refractivity contribution in [1.82, 2.24) is 5.32 Å². The second kappa shape index (κ2) is 5.70. The van der Waals surface area contributed by atoms with Crippen LogP contribution >= 0.6 is 0 Å². The Labute approximate surface area is 88.2 Å². The minimum atomic E-state index is -4.20. The predicted octanol–water partition coefficient (Wildman–Crippen LogP) is 2.49. The number of rotatable bonds is 4. The summed E-state index contributed by atoms with van der Waals surface area (Å²) in [5.41, 5.74) is 0. The molecule has 0 aliphatic heterocycles. The van der Waals surface area contributed by atoms with E-state index < -0.39 is 12.8 Å². The first-order chi connectivity index (χ1) is 7.01. The van der Waals surface area contributed by atoms with Crippen molar-refractivity contribution in [3.8, 4) is 0 Å². The van der Waals surface area contributed by atoms with E-state index in [0.29, 0.717) is 6.04 Å². The Balaban J connectivity index is 2.15. The first kappa shape index (κ1) is 12.8. The molecule has 0 saturated heterocycles. The topological polar surface area (TPSA) is 21.3 Å². The highest BCUT2D eigenvalue weighted by Gasteiger charge is 2.30. The maximum Gasteiger partial charge on any atom is 0.411 e. The van der Waals surface area contributed by atoms with E-state index in [9.17, 15) is 13.2 Å². The number of alkyl halides is 3. The minimum absolute atomic E-state index is 0.207. The molecule has 2 nitrogen and oxygen atoms in total. The standard InChI is InChI=1S/C10H18F3NO/c1-2-14-8-3-5-9(6-4-8)15-7-10(11,12)13/h8-9,14H,2-7H2,1H3. The Hall–Kier alpha value is -0.290. The molecule has 1 N–H and O–H groups in total. The molecule has 0 atom stereocenters. The monoisotopic (exact) mass is 225 g/mol. The summed E-state index contributed by atoms with van der Waals surface area (Å²) in [4.78, 5) is 0. The van der Waals surface area contributed by atoms with Crippen molar-refractivity contribution < 1.29 is 17.9 Å². The van der Waals surface area contributed by atoms with Crippen molar-refractivity contribution in [3.63, 3.8) is 0 Å². The van der Waals surface area contributed by atoms with Gasteiger partial charge < -0.3 is 10.1 Å². The molecule has 1 aliphatic carbocycles. The van der Waals surface area contributed by atoms with E-state index in [2.05, 4.69) is 5.32 Å². The van der Waals surface area contributed by atoms with Crippen LogP contribution in [0, 0.1) is 0 Å². The maximum absolute atomic E-state index is 11.9. The molecule has 0 aromatic rings. The zero-order valence-corrected chi connectivity index (χ0v) is 8.94. The fraction of sp³-hybridized carbons (Fsp3) is 1.00. The summed E-state index contributed by atoms with van der Waals surface area (Å²) in [6.45, 7) is 1.84. The third-order valence-corrected chi connectivity index (χ3v) is 2.65. The van der Waals surface area contributed by atoms with Crippen LogP contribution in [0.3, 0.4) is 0 Å². The van der Waals surface area contributed by atoms with Gasteiger partial charge in [-0.3, -0.25) is 0 Å². The molecule has 0 heterocycles. The molecule has 1 aliphatic rings. The fourth-order valence-corrected chi connectivity index (χ4v) is 1.93. The molecule has 15 heavy (non-hydrogen) atoms. The van der Waals surface area contributed by atoms with E-state index in [0.717, 1.165) is 32.2 Å². The average molecular weight is 225 g/mol. The maximum atomic E-state index is 11.9. The van der Waals surface area contributed by atoms with Gasteiger partial charge in [-0.25, -0.2) is 0 Å². The number of hydrogen-bond donors (Lipinski definition) is 1. The Morgan fingerprint density at radius 1 is 1.20 bits per heavy atom. The van der Waals surface area contributed by atoms with E-state index in [1.807, 2.05) is 6.92 Å². The number of hydrogen-bond acceptors (Lipinski definition) is 2. The van der Waals surface area contributed by atoms with Crippen LogP contribution in [0.15, 0.2) is 0 Å². The van der Waals surface area contributed by atoms with E-state index in [-0.39, 0.29) is 6.10 Å². The first-order valence-electron chi connectivity index (χ1n) is 5.43. The lowest BCUT2D eigenvalue weighted by atomic mass is 9.93. The largest absolute Gasteiger partial charge is 0.411 e. The highest BCUT2D eigenvalue weighted by Crippen LogP contribution is 2.23. The molecule has 1 fully saturated rings. The molecule has 1 saturated carbocycles. The summed E-state index contributed by atoms with van der Waals surface area (Å²) in [5.74, 6) is 0. The summed E-state index contributed by atoms with van der Waals surface area (Å²) < 4.78 is 40.4. The van der Waals surface area contributed by atoms with Crippen LogP contribution in [-0.4, -0.2) is 31.5 Å². The molecule has 0 aromatic heterocycles. The zero-order chi connectivity index (χ0) is 11.3. The van der Waals surface area contributed by atoms with Crippen molar-refractivity contribution in [2.24, 2.45) is 0 Å². The van der Waals surface area contributed by atoms with Gasteiger partial charge in [0.05, 0.1) is 6.10 Å². The van der Waals surface area contributed by atoms with E-state index in [4.69, 9.17) is 4.74 Å². The van der Waals surface area contributed by atoms with Crippen LogP contribution in [-0.2, 0) is 4.74 Å². The molecule has 90 valence electrons. The molecule has 1 rings (SSSR count).